The minimum absolute atomic E-state index is 0.0109. The van der Waals surface area contributed by atoms with Gasteiger partial charge in [-0.25, -0.2) is 4.98 Å². The minimum Gasteiger partial charge on any atom is -0.384 e. The highest BCUT2D eigenvalue weighted by molar-refractivity contribution is 7.09. The lowest BCUT2D eigenvalue weighted by molar-refractivity contribution is 0.831. The number of aryl methyl sites for hydroxylation is 2. The van der Waals surface area contributed by atoms with Crippen molar-refractivity contribution in [2.45, 2.75) is 27.3 Å². The van der Waals surface area contributed by atoms with Gasteiger partial charge in [-0.05, 0) is 26.3 Å². The highest BCUT2D eigenvalue weighted by atomic mass is 32.1. The molecule has 0 spiro atoms. The summed E-state index contributed by atoms with van der Waals surface area (Å²) in [7, 11) is 1.90. The van der Waals surface area contributed by atoms with Gasteiger partial charge in [0.25, 0.3) is 0 Å². The monoisotopic (exact) mass is 290 g/mol. The van der Waals surface area contributed by atoms with E-state index in [9.17, 15) is 0 Å². The van der Waals surface area contributed by atoms with Gasteiger partial charge in [-0.1, -0.05) is 0 Å². The van der Waals surface area contributed by atoms with Crippen LogP contribution < -0.4 is 10.6 Å². The Morgan fingerprint density at radius 2 is 2.05 bits per heavy atom. The Bertz CT molecular complexity index is 648. The molecule has 0 unspecified atom stereocenters. The Kier molecular flexibility index (Phi) is 3.99. The molecule has 7 heteroatoms. The maximum Gasteiger partial charge on any atom is 0.162 e. The lowest BCUT2D eigenvalue weighted by atomic mass is 10.1. The number of aromatic nitrogens is 3. The number of nitrogens with one attached hydrogen (secondary N) is 1. The number of amidine groups is 1. The van der Waals surface area contributed by atoms with E-state index in [-0.39, 0.29) is 5.84 Å². The number of rotatable bonds is 4. The van der Waals surface area contributed by atoms with Crippen molar-refractivity contribution in [1.29, 1.82) is 5.41 Å². The van der Waals surface area contributed by atoms with Gasteiger partial charge in [0.1, 0.15) is 5.84 Å². The third-order valence-electron chi connectivity index (χ3n) is 3.13. The van der Waals surface area contributed by atoms with Crippen LogP contribution >= 0.6 is 11.3 Å². The molecule has 0 saturated carbocycles. The molecule has 6 nitrogen and oxygen atoms in total. The standard InChI is InChI=1S/C13H18N6S/c1-7-8(2)17-18-13(11(7)12(14)15)19(4)5-10-6-20-9(3)16-10/h6H,5H2,1-4H3,(H3,14,15). The summed E-state index contributed by atoms with van der Waals surface area (Å²) in [5, 5.41) is 19.1. The van der Waals surface area contributed by atoms with Crippen molar-refractivity contribution < 1.29 is 0 Å². The zero-order valence-electron chi connectivity index (χ0n) is 12.1. The average molecular weight is 290 g/mol. The number of nitrogen functional groups attached to an aromatic ring is 1. The van der Waals surface area contributed by atoms with Gasteiger partial charge in [0.15, 0.2) is 5.82 Å². The summed E-state index contributed by atoms with van der Waals surface area (Å²) in [6.45, 7) is 6.36. The first-order chi connectivity index (χ1) is 9.40. The number of nitrogens with zero attached hydrogens (tertiary/aromatic N) is 4. The first-order valence-electron chi connectivity index (χ1n) is 6.20. The predicted octanol–water partition coefficient (Wildman–Crippen LogP) is 1.78. The Morgan fingerprint density at radius 1 is 1.35 bits per heavy atom. The summed E-state index contributed by atoms with van der Waals surface area (Å²) in [4.78, 5) is 6.36. The van der Waals surface area contributed by atoms with Crippen molar-refractivity contribution in [2.24, 2.45) is 5.73 Å². The lowest BCUT2D eigenvalue weighted by Crippen LogP contribution is -2.25. The maximum absolute atomic E-state index is 7.76. The van der Waals surface area contributed by atoms with E-state index in [1.807, 2.05) is 38.1 Å². The van der Waals surface area contributed by atoms with Gasteiger partial charge >= 0.3 is 0 Å². The zero-order valence-corrected chi connectivity index (χ0v) is 12.9. The summed E-state index contributed by atoms with van der Waals surface area (Å²) in [5.74, 6) is 0.628. The van der Waals surface area contributed by atoms with Crippen molar-refractivity contribution in [1.82, 2.24) is 15.2 Å². The Morgan fingerprint density at radius 3 is 2.60 bits per heavy atom. The largest absolute Gasteiger partial charge is 0.384 e. The summed E-state index contributed by atoms with van der Waals surface area (Å²) >= 11 is 1.62. The van der Waals surface area contributed by atoms with Gasteiger partial charge < -0.3 is 10.6 Å². The van der Waals surface area contributed by atoms with Gasteiger partial charge in [0, 0.05) is 12.4 Å². The highest BCUT2D eigenvalue weighted by Crippen LogP contribution is 2.22. The van der Waals surface area contributed by atoms with E-state index >= 15 is 0 Å². The molecule has 0 fully saturated rings. The molecule has 0 aliphatic rings. The van der Waals surface area contributed by atoms with Crippen LogP contribution in [0.4, 0.5) is 5.82 Å². The van der Waals surface area contributed by atoms with Crippen molar-refractivity contribution in [3.05, 3.63) is 32.9 Å². The van der Waals surface area contributed by atoms with E-state index in [2.05, 4.69) is 15.2 Å². The second-order valence-electron chi connectivity index (χ2n) is 4.74. The Hall–Kier alpha value is -2.02. The van der Waals surface area contributed by atoms with Gasteiger partial charge in [0.05, 0.1) is 28.5 Å². The molecule has 0 aromatic carbocycles. The van der Waals surface area contributed by atoms with Crippen LogP contribution in [0.15, 0.2) is 5.38 Å². The zero-order chi connectivity index (χ0) is 14.9. The van der Waals surface area contributed by atoms with Crippen LogP contribution in [0.25, 0.3) is 0 Å². The van der Waals surface area contributed by atoms with Gasteiger partial charge in [-0.3, -0.25) is 5.41 Å². The molecular formula is C13H18N6S. The van der Waals surface area contributed by atoms with Crippen LogP contribution in [0, 0.1) is 26.2 Å². The molecule has 2 aromatic heterocycles. The predicted molar refractivity (Wildman–Crippen MR) is 81.5 cm³/mol. The first-order valence-corrected chi connectivity index (χ1v) is 7.08. The smallest absolute Gasteiger partial charge is 0.162 e. The molecule has 3 N–H and O–H groups in total. The van der Waals surface area contributed by atoms with Crippen LogP contribution in [0.1, 0.15) is 27.5 Å². The molecule has 0 aliphatic carbocycles. The van der Waals surface area contributed by atoms with Gasteiger partial charge in [-0.15, -0.1) is 16.4 Å². The number of hydrogen-bond donors (Lipinski definition) is 2. The summed E-state index contributed by atoms with van der Waals surface area (Å²) in [6, 6.07) is 0. The van der Waals surface area contributed by atoms with Crippen LogP contribution in [-0.2, 0) is 6.54 Å². The van der Waals surface area contributed by atoms with E-state index in [1.165, 1.54) is 0 Å². The highest BCUT2D eigenvalue weighted by Gasteiger charge is 2.17. The second-order valence-corrected chi connectivity index (χ2v) is 5.80. The summed E-state index contributed by atoms with van der Waals surface area (Å²) < 4.78 is 0. The molecule has 2 rings (SSSR count). The van der Waals surface area contributed by atoms with Gasteiger partial charge in [0.2, 0.25) is 0 Å². The van der Waals surface area contributed by atoms with Crippen LogP contribution in [0.5, 0.6) is 0 Å². The van der Waals surface area contributed by atoms with E-state index in [4.69, 9.17) is 11.1 Å². The summed E-state index contributed by atoms with van der Waals surface area (Å²) in [5.41, 5.74) is 9.00. The normalized spacial score (nSPS) is 10.6. The van der Waals surface area contributed by atoms with Crippen molar-refractivity contribution in [3.63, 3.8) is 0 Å². The van der Waals surface area contributed by atoms with E-state index in [1.54, 1.807) is 11.3 Å². The number of thiazole rings is 1. The molecule has 0 aliphatic heterocycles. The average Bonchev–Trinajstić information content (AvgIpc) is 2.77. The molecule has 0 bridgehead atoms. The molecule has 0 atom stereocenters. The van der Waals surface area contributed by atoms with Crippen LogP contribution in [-0.4, -0.2) is 28.1 Å². The topological polar surface area (TPSA) is 91.8 Å². The molecule has 106 valence electrons. The summed E-state index contributed by atoms with van der Waals surface area (Å²) in [6.07, 6.45) is 0. The molecule has 0 radical (unpaired) electrons. The molecule has 2 heterocycles. The number of anilines is 1. The molecule has 0 saturated heterocycles. The fraction of sp³-hybridized carbons (Fsp3) is 0.385. The van der Waals surface area contributed by atoms with Crippen LogP contribution in [0.2, 0.25) is 0 Å². The van der Waals surface area contributed by atoms with Crippen molar-refractivity contribution in [2.75, 3.05) is 11.9 Å². The van der Waals surface area contributed by atoms with E-state index < -0.39 is 0 Å². The van der Waals surface area contributed by atoms with E-state index in [0.717, 1.165) is 22.0 Å². The first kappa shape index (κ1) is 14.4. The number of hydrogen-bond acceptors (Lipinski definition) is 6. The minimum atomic E-state index is 0.0109. The Labute approximate surface area is 122 Å². The molecule has 20 heavy (non-hydrogen) atoms. The number of nitrogens with two attached hydrogens (primary N) is 1. The van der Waals surface area contributed by atoms with Crippen LogP contribution in [0.3, 0.4) is 0 Å². The molecular weight excluding hydrogens is 272 g/mol. The van der Waals surface area contributed by atoms with Gasteiger partial charge in [-0.2, -0.15) is 5.10 Å². The fourth-order valence-electron chi connectivity index (χ4n) is 1.98. The fourth-order valence-corrected chi connectivity index (χ4v) is 2.59. The third kappa shape index (κ3) is 2.77. The van der Waals surface area contributed by atoms with E-state index in [0.29, 0.717) is 17.9 Å². The third-order valence-corrected chi connectivity index (χ3v) is 3.96. The van der Waals surface area contributed by atoms with Crippen molar-refractivity contribution in [3.8, 4) is 0 Å². The lowest BCUT2D eigenvalue weighted by Gasteiger charge is -2.21. The second kappa shape index (κ2) is 5.54. The SMILES string of the molecule is Cc1nc(CN(C)c2nnc(C)c(C)c2C(=N)N)cs1. The molecule has 0 amide bonds. The quantitative estimate of drug-likeness (QED) is 0.661. The molecule has 2 aromatic rings. The Balaban J connectivity index is 2.36. The van der Waals surface area contributed by atoms with Crippen molar-refractivity contribution >= 4 is 23.0 Å². The maximum atomic E-state index is 7.76.